The third-order valence-electron chi connectivity index (χ3n) is 6.57. The van der Waals surface area contributed by atoms with Crippen molar-refractivity contribution in [2.45, 2.75) is 57.1 Å². The van der Waals surface area contributed by atoms with Crippen LogP contribution in [-0.4, -0.2) is 67.6 Å². The number of ketones is 1. The molecule has 0 bridgehead atoms. The maximum Gasteiger partial charge on any atom is 0.287 e. The van der Waals surface area contributed by atoms with Gasteiger partial charge in [-0.05, 0) is 61.1 Å². The van der Waals surface area contributed by atoms with Crippen molar-refractivity contribution in [3.63, 3.8) is 0 Å². The molecular weight excluding hydrogens is 536 g/mol. The van der Waals surface area contributed by atoms with E-state index in [0.29, 0.717) is 29.6 Å². The fraction of sp³-hybridized carbons (Fsp3) is 0.429. The predicted octanol–water partition coefficient (Wildman–Crippen LogP) is 2.91. The van der Waals surface area contributed by atoms with Crippen molar-refractivity contribution in [1.82, 2.24) is 19.9 Å². The van der Waals surface area contributed by atoms with Crippen molar-refractivity contribution in [1.29, 1.82) is 0 Å². The highest BCUT2D eigenvalue weighted by atomic mass is 32.2. The van der Waals surface area contributed by atoms with Gasteiger partial charge >= 0.3 is 0 Å². The smallest absolute Gasteiger partial charge is 0.287 e. The SMILES string of the molecule is COc1ccc2oc(C(=O)N[C@@H](CC(C)(C)C)C(=O)NC3CCCN(S(=O)(=O)c4ccccn4)CC3=O)cc2c1. The van der Waals surface area contributed by atoms with E-state index in [0.717, 1.165) is 4.31 Å². The molecule has 1 fully saturated rings. The number of amides is 2. The first-order chi connectivity index (χ1) is 18.9. The second kappa shape index (κ2) is 11.8. The Kier molecular flexibility index (Phi) is 8.59. The Balaban J connectivity index is 1.47. The number of carbonyl (C=O) groups is 3. The standard InChI is InChI=1S/C28H34N4O7S/c1-28(2,3)16-21(31-27(35)24-15-18-14-19(38-4)10-11-23(18)39-24)26(34)30-20-8-7-13-32(17-22(20)33)40(36,37)25-9-5-6-12-29-25/h5-6,9-12,14-15,20-21H,7-8,13,16-17H2,1-4H3,(H,30,34)(H,31,35)/t20?,21-/m0/s1. The van der Waals surface area contributed by atoms with E-state index in [1.54, 1.807) is 43.5 Å². The van der Waals surface area contributed by atoms with Crippen LogP contribution in [0.5, 0.6) is 5.75 Å². The maximum absolute atomic E-state index is 13.4. The van der Waals surface area contributed by atoms with Gasteiger partial charge < -0.3 is 19.8 Å². The average Bonchev–Trinajstić information content (AvgIpc) is 3.25. The zero-order valence-corrected chi connectivity index (χ0v) is 23.8. The third kappa shape index (κ3) is 6.86. The lowest BCUT2D eigenvalue weighted by molar-refractivity contribution is -0.129. The van der Waals surface area contributed by atoms with Crippen LogP contribution < -0.4 is 15.4 Å². The number of nitrogens with one attached hydrogen (secondary N) is 2. The number of carbonyl (C=O) groups excluding carboxylic acids is 3. The number of rotatable bonds is 8. The number of Topliss-reactive ketones (excluding diaryl/α,β-unsaturated/α-hetero) is 1. The topological polar surface area (TPSA) is 148 Å². The summed E-state index contributed by atoms with van der Waals surface area (Å²) in [5.41, 5.74) is 0.161. The zero-order valence-electron chi connectivity index (χ0n) is 23.0. The number of methoxy groups -OCH3 is 1. The number of hydrogen-bond acceptors (Lipinski definition) is 8. The number of sulfonamides is 1. The van der Waals surface area contributed by atoms with Crippen LogP contribution in [0, 0.1) is 5.41 Å². The molecule has 0 saturated carbocycles. The van der Waals surface area contributed by atoms with Crippen LogP contribution >= 0.6 is 0 Å². The van der Waals surface area contributed by atoms with Gasteiger partial charge in [-0.15, -0.1) is 0 Å². The average molecular weight is 571 g/mol. The van der Waals surface area contributed by atoms with Gasteiger partial charge in [0.1, 0.15) is 17.4 Å². The molecule has 2 aromatic heterocycles. The number of furan rings is 1. The summed E-state index contributed by atoms with van der Waals surface area (Å²) in [6, 6.07) is 9.42. The Morgan fingerprint density at radius 2 is 1.98 bits per heavy atom. The summed E-state index contributed by atoms with van der Waals surface area (Å²) in [7, 11) is -2.42. The predicted molar refractivity (Wildman–Crippen MR) is 147 cm³/mol. The second-order valence-electron chi connectivity index (χ2n) is 11.0. The number of hydrogen-bond donors (Lipinski definition) is 2. The lowest BCUT2D eigenvalue weighted by Crippen LogP contribution is -2.53. The minimum absolute atomic E-state index is 0.0378. The quantitative estimate of drug-likeness (QED) is 0.420. The molecule has 2 N–H and O–H groups in total. The highest BCUT2D eigenvalue weighted by Gasteiger charge is 2.35. The summed E-state index contributed by atoms with van der Waals surface area (Å²) in [5.74, 6) is -0.877. The molecule has 1 aliphatic rings. The number of nitrogens with zero attached hydrogens (tertiary/aromatic N) is 2. The first kappa shape index (κ1) is 29.2. The van der Waals surface area contributed by atoms with Crippen LogP contribution in [-0.2, 0) is 19.6 Å². The normalized spacial score (nSPS) is 17.7. The van der Waals surface area contributed by atoms with Crippen LogP contribution in [0.1, 0.15) is 50.6 Å². The van der Waals surface area contributed by atoms with E-state index in [1.165, 1.54) is 12.3 Å². The van der Waals surface area contributed by atoms with Crippen molar-refractivity contribution in [2.24, 2.45) is 5.41 Å². The molecule has 1 aromatic carbocycles. The van der Waals surface area contributed by atoms with Crippen molar-refractivity contribution in [2.75, 3.05) is 20.2 Å². The number of benzene rings is 1. The van der Waals surface area contributed by atoms with E-state index in [-0.39, 0.29) is 35.7 Å². The number of pyridine rings is 1. The van der Waals surface area contributed by atoms with Crippen molar-refractivity contribution in [3.05, 3.63) is 54.4 Å². The van der Waals surface area contributed by atoms with Crippen LogP contribution in [0.3, 0.4) is 0 Å². The van der Waals surface area contributed by atoms with Crippen molar-refractivity contribution in [3.8, 4) is 5.75 Å². The minimum atomic E-state index is -3.96. The van der Waals surface area contributed by atoms with E-state index in [2.05, 4.69) is 15.6 Å². The van der Waals surface area contributed by atoms with Crippen LogP contribution in [0.2, 0.25) is 0 Å². The number of aromatic nitrogens is 1. The lowest BCUT2D eigenvalue weighted by Gasteiger charge is -2.27. The molecule has 2 atom stereocenters. The van der Waals surface area contributed by atoms with Crippen molar-refractivity contribution < 1.29 is 32.0 Å². The first-order valence-corrected chi connectivity index (χ1v) is 14.4. The highest BCUT2D eigenvalue weighted by molar-refractivity contribution is 7.89. The largest absolute Gasteiger partial charge is 0.497 e. The molecular formula is C28H34N4O7S. The summed E-state index contributed by atoms with van der Waals surface area (Å²) < 4.78 is 38.0. The molecule has 1 unspecified atom stereocenters. The second-order valence-corrected chi connectivity index (χ2v) is 12.9. The van der Waals surface area contributed by atoms with Gasteiger partial charge in [-0.25, -0.2) is 13.4 Å². The van der Waals surface area contributed by atoms with E-state index in [9.17, 15) is 22.8 Å². The van der Waals surface area contributed by atoms with Crippen molar-refractivity contribution >= 4 is 38.6 Å². The zero-order chi connectivity index (χ0) is 29.1. The van der Waals surface area contributed by atoms with Gasteiger partial charge in [-0.3, -0.25) is 14.4 Å². The van der Waals surface area contributed by atoms with Gasteiger partial charge in [0, 0.05) is 18.1 Å². The molecule has 2 amide bonds. The molecule has 0 spiro atoms. The van der Waals surface area contributed by atoms with Gasteiger partial charge in [0.25, 0.3) is 15.9 Å². The summed E-state index contributed by atoms with van der Waals surface area (Å²) in [5, 5.41) is 6.05. The van der Waals surface area contributed by atoms with Crippen LogP contribution in [0.4, 0.5) is 0 Å². The van der Waals surface area contributed by atoms with Gasteiger partial charge in [-0.1, -0.05) is 26.8 Å². The molecule has 1 saturated heterocycles. The maximum atomic E-state index is 13.4. The van der Waals surface area contributed by atoms with Gasteiger partial charge in [-0.2, -0.15) is 4.31 Å². The Morgan fingerprint density at radius 3 is 2.65 bits per heavy atom. The highest BCUT2D eigenvalue weighted by Crippen LogP contribution is 2.26. The van der Waals surface area contributed by atoms with E-state index < -0.39 is 39.7 Å². The van der Waals surface area contributed by atoms with Gasteiger partial charge in [0.2, 0.25) is 5.91 Å². The summed E-state index contributed by atoms with van der Waals surface area (Å²) in [6.45, 7) is 5.54. The number of ether oxygens (including phenoxy) is 1. The fourth-order valence-electron chi connectivity index (χ4n) is 4.57. The van der Waals surface area contributed by atoms with Crippen LogP contribution in [0.15, 0.2) is 58.1 Å². The molecule has 0 aliphatic carbocycles. The Labute approximate surface area is 233 Å². The molecule has 3 heterocycles. The fourth-order valence-corrected chi connectivity index (χ4v) is 5.95. The lowest BCUT2D eigenvalue weighted by atomic mass is 9.87. The molecule has 214 valence electrons. The Bertz CT molecular complexity index is 1500. The molecule has 4 rings (SSSR count). The summed E-state index contributed by atoms with van der Waals surface area (Å²) >= 11 is 0. The minimum Gasteiger partial charge on any atom is -0.497 e. The molecule has 11 nitrogen and oxygen atoms in total. The van der Waals surface area contributed by atoms with Gasteiger partial charge in [0.05, 0.1) is 19.7 Å². The monoisotopic (exact) mass is 570 g/mol. The van der Waals surface area contributed by atoms with Gasteiger partial charge in [0.15, 0.2) is 16.6 Å². The summed E-state index contributed by atoms with van der Waals surface area (Å²) in [4.78, 5) is 43.5. The summed E-state index contributed by atoms with van der Waals surface area (Å²) in [6.07, 6.45) is 2.29. The molecule has 12 heteroatoms. The Hall–Kier alpha value is -3.77. The Morgan fingerprint density at radius 1 is 1.20 bits per heavy atom. The first-order valence-electron chi connectivity index (χ1n) is 13.0. The van der Waals surface area contributed by atoms with E-state index >= 15 is 0 Å². The number of fused-ring (bicyclic) bond motifs is 1. The molecule has 0 radical (unpaired) electrons. The molecule has 1 aliphatic heterocycles. The molecule has 3 aromatic rings. The third-order valence-corrected chi connectivity index (χ3v) is 8.33. The van der Waals surface area contributed by atoms with E-state index in [4.69, 9.17) is 9.15 Å². The molecule has 40 heavy (non-hydrogen) atoms. The van der Waals surface area contributed by atoms with Crippen LogP contribution in [0.25, 0.3) is 11.0 Å². The van der Waals surface area contributed by atoms with E-state index in [1.807, 2.05) is 20.8 Å².